The molecule has 0 spiro atoms. The Morgan fingerprint density at radius 3 is 3.07 bits per heavy atom. The van der Waals surface area contributed by atoms with Gasteiger partial charge in [-0.1, -0.05) is 30.3 Å². The Morgan fingerprint density at radius 1 is 1.53 bits per heavy atom. The molecule has 2 atom stereocenters. The first-order valence-corrected chi connectivity index (χ1v) is 5.15. The first-order chi connectivity index (χ1) is 7.36. The number of hydrogen-bond acceptors (Lipinski definition) is 3. The van der Waals surface area contributed by atoms with Crippen LogP contribution in [0.3, 0.4) is 0 Å². The molecule has 2 unspecified atom stereocenters. The molecule has 1 aliphatic rings. The summed E-state index contributed by atoms with van der Waals surface area (Å²) in [5.41, 5.74) is 5.28. The number of hydrogen-bond donors (Lipinski definition) is 2. The quantitative estimate of drug-likeness (QED) is 0.443. The predicted octanol–water partition coefficient (Wildman–Crippen LogP) is 1.32. The highest BCUT2D eigenvalue weighted by Crippen LogP contribution is 2.29. The maximum absolute atomic E-state index is 5.73. The second kappa shape index (κ2) is 4.57. The van der Waals surface area contributed by atoms with Crippen molar-refractivity contribution in [1.29, 1.82) is 0 Å². The van der Waals surface area contributed by atoms with Gasteiger partial charge in [0.2, 0.25) is 0 Å². The van der Waals surface area contributed by atoms with Gasteiger partial charge in [-0.15, -0.1) is 6.58 Å². The van der Waals surface area contributed by atoms with Gasteiger partial charge in [-0.25, -0.2) is 0 Å². The number of nitrogens with one attached hydrogen (secondary N) is 1. The molecule has 1 aliphatic heterocycles. The summed E-state index contributed by atoms with van der Waals surface area (Å²) in [5, 5.41) is 0. The molecule has 3 N–H and O–H groups in total. The predicted molar refractivity (Wildman–Crippen MR) is 60.1 cm³/mol. The van der Waals surface area contributed by atoms with Crippen LogP contribution in [0, 0.1) is 0 Å². The zero-order chi connectivity index (χ0) is 10.7. The Kier molecular flexibility index (Phi) is 3.16. The summed E-state index contributed by atoms with van der Waals surface area (Å²) >= 11 is 0. The van der Waals surface area contributed by atoms with Gasteiger partial charge in [-0.05, 0) is 17.5 Å². The van der Waals surface area contributed by atoms with Crippen molar-refractivity contribution in [2.24, 2.45) is 5.84 Å². The minimum absolute atomic E-state index is 0.0163. The van der Waals surface area contributed by atoms with Gasteiger partial charge >= 0.3 is 0 Å². The van der Waals surface area contributed by atoms with Gasteiger partial charge in [0, 0.05) is 0 Å². The molecule has 1 heterocycles. The van der Waals surface area contributed by atoms with Crippen molar-refractivity contribution < 1.29 is 4.74 Å². The summed E-state index contributed by atoms with van der Waals surface area (Å²) in [6.45, 7) is 4.50. The Labute approximate surface area is 89.9 Å². The van der Waals surface area contributed by atoms with Crippen LogP contribution in [0.5, 0.6) is 0 Å². The summed E-state index contributed by atoms with van der Waals surface area (Å²) in [4.78, 5) is 0. The third kappa shape index (κ3) is 1.95. The van der Waals surface area contributed by atoms with Crippen molar-refractivity contribution in [3.63, 3.8) is 0 Å². The average Bonchev–Trinajstić information content (AvgIpc) is 2.31. The standard InChI is InChI=1S/C12H16N2O/c1-2-11(14-13)12-10-6-4-3-5-9(10)7-8-15-12/h2-6,11-12,14H,1,7-8,13H2. The Morgan fingerprint density at radius 2 is 2.33 bits per heavy atom. The van der Waals surface area contributed by atoms with E-state index in [9.17, 15) is 0 Å². The molecule has 80 valence electrons. The zero-order valence-corrected chi connectivity index (χ0v) is 8.65. The number of rotatable bonds is 3. The molecule has 0 saturated heterocycles. The van der Waals surface area contributed by atoms with Crippen LogP contribution in [-0.2, 0) is 11.2 Å². The third-order valence-corrected chi connectivity index (χ3v) is 2.80. The zero-order valence-electron chi connectivity index (χ0n) is 8.65. The van der Waals surface area contributed by atoms with E-state index in [0.717, 1.165) is 13.0 Å². The highest BCUT2D eigenvalue weighted by molar-refractivity contribution is 5.32. The smallest absolute Gasteiger partial charge is 0.103 e. The van der Waals surface area contributed by atoms with Crippen LogP contribution in [0.4, 0.5) is 0 Å². The molecule has 0 aromatic heterocycles. The van der Waals surface area contributed by atoms with E-state index in [4.69, 9.17) is 10.6 Å². The molecule has 3 heteroatoms. The molecule has 1 aromatic rings. The van der Waals surface area contributed by atoms with Crippen LogP contribution >= 0.6 is 0 Å². The van der Waals surface area contributed by atoms with Crippen LogP contribution in [0.25, 0.3) is 0 Å². The Hall–Kier alpha value is -1.16. The van der Waals surface area contributed by atoms with Gasteiger partial charge in [0.25, 0.3) is 0 Å². The first-order valence-electron chi connectivity index (χ1n) is 5.15. The summed E-state index contributed by atoms with van der Waals surface area (Å²) < 4.78 is 5.73. The minimum atomic E-state index is -0.0357. The van der Waals surface area contributed by atoms with Crippen molar-refractivity contribution in [2.75, 3.05) is 6.61 Å². The van der Waals surface area contributed by atoms with Crippen LogP contribution < -0.4 is 11.3 Å². The van der Waals surface area contributed by atoms with Gasteiger partial charge in [-0.2, -0.15) is 0 Å². The number of hydrazine groups is 1. The molecular weight excluding hydrogens is 188 g/mol. The normalized spacial score (nSPS) is 21.8. The molecule has 3 nitrogen and oxygen atoms in total. The number of benzene rings is 1. The van der Waals surface area contributed by atoms with Gasteiger partial charge in [0.15, 0.2) is 0 Å². The van der Waals surface area contributed by atoms with Crippen molar-refractivity contribution in [3.8, 4) is 0 Å². The molecule has 2 rings (SSSR count). The average molecular weight is 204 g/mol. The number of ether oxygens (including phenoxy) is 1. The minimum Gasteiger partial charge on any atom is -0.371 e. The van der Waals surface area contributed by atoms with Crippen molar-refractivity contribution in [3.05, 3.63) is 48.0 Å². The monoisotopic (exact) mass is 204 g/mol. The maximum Gasteiger partial charge on any atom is 0.103 e. The lowest BCUT2D eigenvalue weighted by atomic mass is 9.93. The van der Waals surface area contributed by atoms with Crippen molar-refractivity contribution in [2.45, 2.75) is 18.6 Å². The van der Waals surface area contributed by atoms with E-state index in [1.165, 1.54) is 11.1 Å². The lowest BCUT2D eigenvalue weighted by molar-refractivity contribution is 0.0264. The van der Waals surface area contributed by atoms with E-state index in [1.54, 1.807) is 6.08 Å². The molecule has 1 aromatic carbocycles. The van der Waals surface area contributed by atoms with Gasteiger partial charge in [0.05, 0.1) is 12.6 Å². The van der Waals surface area contributed by atoms with E-state index in [-0.39, 0.29) is 12.1 Å². The molecular formula is C12H16N2O. The fourth-order valence-electron chi connectivity index (χ4n) is 2.00. The molecule has 0 saturated carbocycles. The number of nitrogens with two attached hydrogens (primary N) is 1. The summed E-state index contributed by atoms with van der Waals surface area (Å²) in [5.74, 6) is 5.47. The molecule has 0 radical (unpaired) electrons. The molecule has 0 aliphatic carbocycles. The summed E-state index contributed by atoms with van der Waals surface area (Å²) in [6, 6.07) is 8.28. The number of fused-ring (bicyclic) bond motifs is 1. The summed E-state index contributed by atoms with van der Waals surface area (Å²) in [6.07, 6.45) is 2.74. The molecule has 15 heavy (non-hydrogen) atoms. The SMILES string of the molecule is C=CC(NN)C1OCCc2ccccc21. The van der Waals surface area contributed by atoms with E-state index in [2.05, 4.69) is 30.2 Å². The van der Waals surface area contributed by atoms with Gasteiger partial charge in [0.1, 0.15) is 6.10 Å². The van der Waals surface area contributed by atoms with E-state index in [0.29, 0.717) is 0 Å². The third-order valence-electron chi connectivity index (χ3n) is 2.80. The lowest BCUT2D eigenvalue weighted by Crippen LogP contribution is -2.40. The van der Waals surface area contributed by atoms with Gasteiger partial charge < -0.3 is 4.74 Å². The highest BCUT2D eigenvalue weighted by atomic mass is 16.5. The van der Waals surface area contributed by atoms with Gasteiger partial charge in [-0.3, -0.25) is 11.3 Å². The van der Waals surface area contributed by atoms with Crippen molar-refractivity contribution in [1.82, 2.24) is 5.43 Å². The van der Waals surface area contributed by atoms with Crippen LogP contribution in [-0.4, -0.2) is 12.6 Å². The molecule has 0 amide bonds. The van der Waals surface area contributed by atoms with E-state index < -0.39 is 0 Å². The van der Waals surface area contributed by atoms with E-state index in [1.807, 2.05) is 6.07 Å². The van der Waals surface area contributed by atoms with Crippen LogP contribution in [0.2, 0.25) is 0 Å². The first kappa shape index (κ1) is 10.4. The second-order valence-electron chi connectivity index (χ2n) is 3.67. The fourth-order valence-corrected chi connectivity index (χ4v) is 2.00. The maximum atomic E-state index is 5.73. The molecule has 0 fully saturated rings. The van der Waals surface area contributed by atoms with Crippen LogP contribution in [0.1, 0.15) is 17.2 Å². The fraction of sp³-hybridized carbons (Fsp3) is 0.333. The topological polar surface area (TPSA) is 47.3 Å². The summed E-state index contributed by atoms with van der Waals surface area (Å²) in [7, 11) is 0. The largest absolute Gasteiger partial charge is 0.371 e. The Bertz CT molecular complexity index is 351. The van der Waals surface area contributed by atoms with Crippen LogP contribution in [0.15, 0.2) is 36.9 Å². The Balaban J connectivity index is 2.32. The second-order valence-corrected chi connectivity index (χ2v) is 3.67. The molecule has 0 bridgehead atoms. The highest BCUT2D eigenvalue weighted by Gasteiger charge is 2.25. The van der Waals surface area contributed by atoms with Crippen molar-refractivity contribution >= 4 is 0 Å². The lowest BCUT2D eigenvalue weighted by Gasteiger charge is -2.30. The van der Waals surface area contributed by atoms with E-state index >= 15 is 0 Å².